The number of thioether (sulfide) groups is 1. The van der Waals surface area contributed by atoms with Gasteiger partial charge in [-0.2, -0.15) is 0 Å². The number of fused-ring (bicyclic) bond motifs is 9. The molecule has 10 rings (SSSR count). The van der Waals surface area contributed by atoms with E-state index in [-0.39, 0.29) is 6.04 Å². The zero-order valence-corrected chi connectivity index (χ0v) is 25.4. The van der Waals surface area contributed by atoms with Gasteiger partial charge in [-0.3, -0.25) is 0 Å². The summed E-state index contributed by atoms with van der Waals surface area (Å²) < 4.78 is 9.13. The smallest absolute Gasteiger partial charge is 0.136 e. The summed E-state index contributed by atoms with van der Waals surface area (Å²) >= 11 is 1.98. The molecule has 0 N–H and O–H groups in total. The highest BCUT2D eigenvalue weighted by molar-refractivity contribution is 8.00. The van der Waals surface area contributed by atoms with Crippen LogP contribution in [0, 0.1) is 0 Å². The predicted molar refractivity (Wildman–Crippen MR) is 189 cm³/mol. The number of hydrogen-bond acceptors (Lipinski definition) is 2. The molecule has 2 nitrogen and oxygen atoms in total. The standard InChI is InChI=1S/C42H29NOS/c1-2-8-26(9-3-1)27-16-21-38-36(22-27)31-10-4-6-12-37(31)43(38)30-17-20-33-32-18-14-28(23-39(32)44-40(33)25-30)29-15-19-35-34-11-5-7-13-41(34)45-42(35)24-29/h1-16,18-25,30,34,41H,17H2. The lowest BCUT2D eigenvalue weighted by molar-refractivity contribution is 0.560. The Morgan fingerprint density at radius 3 is 2.38 bits per heavy atom. The largest absolute Gasteiger partial charge is 0.456 e. The van der Waals surface area contributed by atoms with Gasteiger partial charge in [-0.15, -0.1) is 11.8 Å². The highest BCUT2D eigenvalue weighted by atomic mass is 32.2. The molecule has 2 aliphatic carbocycles. The molecule has 2 aromatic heterocycles. The number of rotatable bonds is 3. The average Bonchev–Trinajstić information content (AvgIpc) is 3.76. The second-order valence-electron chi connectivity index (χ2n) is 12.4. The lowest BCUT2D eigenvalue weighted by Crippen LogP contribution is -2.26. The van der Waals surface area contributed by atoms with Gasteiger partial charge in [0.2, 0.25) is 0 Å². The first-order valence-corrected chi connectivity index (χ1v) is 16.7. The van der Waals surface area contributed by atoms with E-state index in [4.69, 9.17) is 4.42 Å². The first-order chi connectivity index (χ1) is 22.3. The summed E-state index contributed by atoms with van der Waals surface area (Å²) in [5.41, 5.74) is 10.8. The zero-order valence-electron chi connectivity index (χ0n) is 24.6. The van der Waals surface area contributed by atoms with E-state index in [0.29, 0.717) is 11.2 Å². The van der Waals surface area contributed by atoms with Crippen LogP contribution in [0.5, 0.6) is 0 Å². The number of benzene rings is 5. The van der Waals surface area contributed by atoms with Crippen molar-refractivity contribution in [2.45, 2.75) is 28.5 Å². The Morgan fingerprint density at radius 1 is 0.644 bits per heavy atom. The van der Waals surface area contributed by atoms with Gasteiger partial charge in [0.25, 0.3) is 0 Å². The summed E-state index contributed by atoms with van der Waals surface area (Å²) in [4.78, 5) is 1.39. The second kappa shape index (κ2) is 9.76. The molecule has 7 aromatic rings. The van der Waals surface area contributed by atoms with Crippen LogP contribution in [0.15, 0.2) is 143 Å². The first kappa shape index (κ1) is 25.3. The molecule has 0 bridgehead atoms. The number of furan rings is 1. The van der Waals surface area contributed by atoms with Gasteiger partial charge >= 0.3 is 0 Å². The molecule has 0 saturated carbocycles. The summed E-state index contributed by atoms with van der Waals surface area (Å²) in [5, 5.41) is 5.50. The Hall–Kier alpha value is -4.99. The highest BCUT2D eigenvalue weighted by Crippen LogP contribution is 2.49. The minimum Gasteiger partial charge on any atom is -0.456 e. The minimum absolute atomic E-state index is 0.169. The van der Waals surface area contributed by atoms with Crippen molar-refractivity contribution < 1.29 is 4.42 Å². The Labute approximate surface area is 265 Å². The topological polar surface area (TPSA) is 18.1 Å². The zero-order chi connectivity index (χ0) is 29.5. The first-order valence-electron chi connectivity index (χ1n) is 15.8. The molecule has 3 aliphatic rings. The lowest BCUT2D eigenvalue weighted by atomic mass is 9.91. The maximum atomic E-state index is 6.63. The number of allylic oxidation sites excluding steroid dienone is 3. The van der Waals surface area contributed by atoms with E-state index >= 15 is 0 Å². The molecule has 0 amide bonds. The van der Waals surface area contributed by atoms with Gasteiger partial charge in [0.15, 0.2) is 0 Å². The molecule has 5 aromatic carbocycles. The van der Waals surface area contributed by atoms with Crippen molar-refractivity contribution in [1.29, 1.82) is 0 Å². The minimum atomic E-state index is 0.169. The lowest BCUT2D eigenvalue weighted by Gasteiger charge is -2.18. The molecule has 1 aliphatic heterocycles. The van der Waals surface area contributed by atoms with E-state index < -0.39 is 0 Å². The molecule has 0 saturated heterocycles. The van der Waals surface area contributed by atoms with Crippen molar-refractivity contribution in [1.82, 2.24) is 4.57 Å². The molecule has 0 radical (unpaired) electrons. The highest BCUT2D eigenvalue weighted by Gasteiger charge is 2.31. The molecule has 0 spiro atoms. The molecule has 3 heteroatoms. The SMILES string of the molecule is C1=CC2Sc3cc(-c4ccc5c6c(oc5c4)=CC(n4c5ccccc5c5cc(-c7ccccc7)ccc54)CC=6)ccc3C2C=C1. The monoisotopic (exact) mass is 595 g/mol. The molecule has 3 heterocycles. The maximum absolute atomic E-state index is 6.63. The molecule has 45 heavy (non-hydrogen) atoms. The number of nitrogens with zero attached hydrogens (tertiary/aromatic N) is 1. The second-order valence-corrected chi connectivity index (χ2v) is 13.6. The van der Waals surface area contributed by atoms with Gasteiger partial charge in [0.05, 0.1) is 6.04 Å². The van der Waals surface area contributed by atoms with Crippen molar-refractivity contribution in [2.24, 2.45) is 0 Å². The summed E-state index contributed by atoms with van der Waals surface area (Å²) in [6.45, 7) is 0. The van der Waals surface area contributed by atoms with Crippen LogP contribution in [-0.4, -0.2) is 9.82 Å². The van der Waals surface area contributed by atoms with Gasteiger partial charge in [0, 0.05) is 48.5 Å². The van der Waals surface area contributed by atoms with Crippen LogP contribution in [0.1, 0.15) is 23.9 Å². The molecule has 3 unspecified atom stereocenters. The number of hydrogen-bond donors (Lipinski definition) is 0. The molecule has 0 fully saturated rings. The van der Waals surface area contributed by atoms with E-state index in [0.717, 1.165) is 17.4 Å². The van der Waals surface area contributed by atoms with Crippen LogP contribution in [0.25, 0.3) is 67.2 Å². The average molecular weight is 596 g/mol. The van der Waals surface area contributed by atoms with Gasteiger partial charge in [-0.1, -0.05) is 103 Å². The van der Waals surface area contributed by atoms with Crippen molar-refractivity contribution >= 4 is 56.7 Å². The molecule has 3 atom stereocenters. The summed E-state index contributed by atoms with van der Waals surface area (Å²) in [6, 6.07) is 40.2. The Balaban J connectivity index is 1.06. The summed E-state index contributed by atoms with van der Waals surface area (Å²) in [7, 11) is 0. The Bertz CT molecular complexity index is 2510. The van der Waals surface area contributed by atoms with Crippen LogP contribution < -0.4 is 10.6 Å². The third kappa shape index (κ3) is 3.90. The van der Waals surface area contributed by atoms with Crippen molar-refractivity contribution in [3.05, 3.63) is 150 Å². The summed E-state index contributed by atoms with van der Waals surface area (Å²) in [6.07, 6.45) is 14.7. The predicted octanol–water partition coefficient (Wildman–Crippen LogP) is 9.76. The van der Waals surface area contributed by atoms with Crippen LogP contribution >= 0.6 is 11.8 Å². The molecule has 214 valence electrons. The van der Waals surface area contributed by atoms with E-state index in [9.17, 15) is 0 Å². The number of aromatic nitrogens is 1. The van der Waals surface area contributed by atoms with Crippen LogP contribution in [0.4, 0.5) is 0 Å². The molecular weight excluding hydrogens is 567 g/mol. The van der Waals surface area contributed by atoms with Crippen LogP contribution in [0.2, 0.25) is 0 Å². The van der Waals surface area contributed by atoms with Gasteiger partial charge in [-0.05, 0) is 76.7 Å². The maximum Gasteiger partial charge on any atom is 0.136 e. The fraction of sp³-hybridized carbons (Fsp3) is 0.0952. The van der Waals surface area contributed by atoms with E-state index in [1.54, 1.807) is 0 Å². The van der Waals surface area contributed by atoms with E-state index in [1.807, 2.05) is 11.8 Å². The third-order valence-corrected chi connectivity index (χ3v) is 11.2. The Kier molecular flexibility index (Phi) is 5.50. The number of para-hydroxylation sites is 1. The third-order valence-electron chi connectivity index (χ3n) is 9.87. The Morgan fingerprint density at radius 2 is 1.42 bits per heavy atom. The van der Waals surface area contributed by atoms with Gasteiger partial charge in [-0.25, -0.2) is 0 Å². The summed E-state index contributed by atoms with van der Waals surface area (Å²) in [5.74, 6) is 0.489. The normalized spacial score (nSPS) is 19.8. The van der Waals surface area contributed by atoms with Crippen LogP contribution in [0.3, 0.4) is 0 Å². The quantitative estimate of drug-likeness (QED) is 0.202. The van der Waals surface area contributed by atoms with Crippen molar-refractivity contribution in [3.63, 3.8) is 0 Å². The fourth-order valence-corrected chi connectivity index (χ4v) is 9.08. The van der Waals surface area contributed by atoms with Gasteiger partial charge < -0.3 is 8.98 Å². The molecular formula is C42H29NOS. The van der Waals surface area contributed by atoms with E-state index in [2.05, 4.69) is 150 Å². The fourth-order valence-electron chi connectivity index (χ4n) is 7.70. The van der Waals surface area contributed by atoms with Gasteiger partial charge in [0.1, 0.15) is 11.0 Å². The van der Waals surface area contributed by atoms with Crippen molar-refractivity contribution in [3.8, 4) is 22.3 Å². The van der Waals surface area contributed by atoms with E-state index in [1.165, 1.54) is 65.1 Å². The van der Waals surface area contributed by atoms with Crippen molar-refractivity contribution in [2.75, 3.05) is 0 Å². The van der Waals surface area contributed by atoms with Crippen LogP contribution in [-0.2, 0) is 0 Å².